The van der Waals surface area contributed by atoms with Gasteiger partial charge in [0.1, 0.15) is 16.2 Å². The molecule has 1 fully saturated rings. The number of aromatic carboxylic acids is 1. The zero-order valence-corrected chi connectivity index (χ0v) is 22.6. The Balaban J connectivity index is 1.59. The molecule has 2 heterocycles. The number of aryl methyl sites for hydroxylation is 2. The monoisotopic (exact) mass is 523 g/mol. The summed E-state index contributed by atoms with van der Waals surface area (Å²) >= 11 is 1.15. The summed E-state index contributed by atoms with van der Waals surface area (Å²) in [5.74, 6) is -0.360. The van der Waals surface area contributed by atoms with E-state index in [1.807, 2.05) is 26.0 Å². The molecule has 0 radical (unpaired) electrons. The summed E-state index contributed by atoms with van der Waals surface area (Å²) in [6, 6.07) is 8.81. The summed E-state index contributed by atoms with van der Waals surface area (Å²) in [5, 5.41) is 16.6. The van der Waals surface area contributed by atoms with Crippen LogP contribution in [0.2, 0.25) is 0 Å². The number of carboxylic acid groups (broad SMARTS) is 1. The smallest absolute Gasteiger partial charge is 0.348 e. The standard InChI is InChI=1S/C28H33N3O5S/c1-15(2)31(27(33)20-8-6-16(3)7-9-20)22-14-23(37-25(22)28(34)35)19-10-12-21(13-11-19)29-26(32)24-17(4)30-36-18(24)5/h10-16,20H,6-9H2,1-5H3,(H,29,32)(H,34,35)/t16-,20-. The lowest BCUT2D eigenvalue weighted by Crippen LogP contribution is -2.42. The normalized spacial score (nSPS) is 17.6. The third kappa shape index (κ3) is 5.61. The summed E-state index contributed by atoms with van der Waals surface area (Å²) in [7, 11) is 0. The highest BCUT2D eigenvalue weighted by Crippen LogP contribution is 2.40. The number of carbonyl (C=O) groups is 3. The van der Waals surface area contributed by atoms with E-state index in [0.717, 1.165) is 47.5 Å². The van der Waals surface area contributed by atoms with Gasteiger partial charge in [-0.15, -0.1) is 11.3 Å². The lowest BCUT2D eigenvalue weighted by Gasteiger charge is -2.33. The summed E-state index contributed by atoms with van der Waals surface area (Å²) in [6.45, 7) is 9.45. The van der Waals surface area contributed by atoms with Crippen molar-refractivity contribution in [3.8, 4) is 10.4 Å². The molecule has 37 heavy (non-hydrogen) atoms. The van der Waals surface area contributed by atoms with Crippen LogP contribution >= 0.6 is 11.3 Å². The first-order chi connectivity index (χ1) is 17.6. The van der Waals surface area contributed by atoms with Gasteiger partial charge in [-0.3, -0.25) is 9.59 Å². The van der Waals surface area contributed by atoms with Crippen LogP contribution < -0.4 is 10.2 Å². The quantitative estimate of drug-likeness (QED) is 0.364. The molecule has 4 rings (SSSR count). The molecule has 196 valence electrons. The van der Waals surface area contributed by atoms with Crippen LogP contribution in [0.5, 0.6) is 0 Å². The Hall–Kier alpha value is -3.46. The average molecular weight is 524 g/mol. The van der Waals surface area contributed by atoms with E-state index in [2.05, 4.69) is 17.4 Å². The van der Waals surface area contributed by atoms with Crippen molar-refractivity contribution in [3.05, 3.63) is 52.2 Å². The fourth-order valence-electron chi connectivity index (χ4n) is 4.93. The highest BCUT2D eigenvalue weighted by molar-refractivity contribution is 7.18. The van der Waals surface area contributed by atoms with Crippen molar-refractivity contribution in [1.82, 2.24) is 5.16 Å². The fourth-order valence-corrected chi connectivity index (χ4v) is 5.92. The number of nitrogens with zero attached hydrogens (tertiary/aromatic N) is 2. The molecule has 1 aliphatic carbocycles. The molecule has 1 aliphatic rings. The second kappa shape index (κ2) is 10.9. The summed E-state index contributed by atoms with van der Waals surface area (Å²) in [5.41, 5.74) is 2.77. The van der Waals surface area contributed by atoms with Gasteiger partial charge in [-0.05, 0) is 83.1 Å². The number of carbonyl (C=O) groups excluding carboxylic acids is 2. The van der Waals surface area contributed by atoms with Crippen LogP contribution in [0, 0.1) is 25.7 Å². The first kappa shape index (κ1) is 26.6. The number of hydrogen-bond acceptors (Lipinski definition) is 6. The first-order valence-electron chi connectivity index (χ1n) is 12.6. The second-order valence-electron chi connectivity index (χ2n) is 10.1. The van der Waals surface area contributed by atoms with Gasteiger partial charge in [-0.25, -0.2) is 4.79 Å². The Morgan fingerprint density at radius 2 is 1.76 bits per heavy atom. The van der Waals surface area contributed by atoms with Crippen LogP contribution in [0.4, 0.5) is 11.4 Å². The third-order valence-electron chi connectivity index (χ3n) is 6.97. The molecule has 8 nitrogen and oxygen atoms in total. The van der Waals surface area contributed by atoms with Gasteiger partial charge < -0.3 is 19.8 Å². The molecule has 0 atom stereocenters. The maximum atomic E-state index is 13.5. The Labute approximate surface area is 220 Å². The number of rotatable bonds is 7. The van der Waals surface area contributed by atoms with Crippen molar-refractivity contribution in [2.24, 2.45) is 11.8 Å². The van der Waals surface area contributed by atoms with Crippen LogP contribution in [-0.2, 0) is 4.79 Å². The number of amides is 2. The van der Waals surface area contributed by atoms with E-state index in [1.54, 1.807) is 36.9 Å². The summed E-state index contributed by atoms with van der Waals surface area (Å²) < 4.78 is 5.07. The van der Waals surface area contributed by atoms with Crippen LogP contribution in [0.1, 0.15) is 77.9 Å². The molecule has 2 aromatic heterocycles. The minimum Gasteiger partial charge on any atom is -0.477 e. The maximum Gasteiger partial charge on any atom is 0.348 e. The Kier molecular flexibility index (Phi) is 7.82. The van der Waals surface area contributed by atoms with E-state index in [9.17, 15) is 19.5 Å². The van der Waals surface area contributed by atoms with Gasteiger partial charge in [0, 0.05) is 22.5 Å². The zero-order valence-electron chi connectivity index (χ0n) is 21.8. The molecule has 2 N–H and O–H groups in total. The van der Waals surface area contributed by atoms with Crippen molar-refractivity contribution in [2.75, 3.05) is 10.2 Å². The average Bonchev–Trinajstić information content (AvgIpc) is 3.43. The second-order valence-corrected chi connectivity index (χ2v) is 11.2. The molecule has 0 aliphatic heterocycles. The number of thiophene rings is 1. The van der Waals surface area contributed by atoms with E-state index in [1.165, 1.54) is 0 Å². The molecule has 0 spiro atoms. The first-order valence-corrected chi connectivity index (χ1v) is 13.4. The molecular weight excluding hydrogens is 490 g/mol. The number of anilines is 2. The summed E-state index contributed by atoms with van der Waals surface area (Å²) in [4.78, 5) is 40.9. The SMILES string of the molecule is Cc1noc(C)c1C(=O)Nc1ccc(-c2cc(N(C(=O)[C@H]3CC[C@H](C)CC3)C(C)C)c(C(=O)O)s2)cc1. The Bertz CT molecular complexity index is 1280. The molecule has 0 unspecified atom stereocenters. The van der Waals surface area contributed by atoms with E-state index >= 15 is 0 Å². The predicted molar refractivity (Wildman–Crippen MR) is 144 cm³/mol. The number of aromatic nitrogens is 1. The highest BCUT2D eigenvalue weighted by atomic mass is 32.1. The number of nitrogens with one attached hydrogen (secondary N) is 1. The van der Waals surface area contributed by atoms with E-state index < -0.39 is 5.97 Å². The fraction of sp³-hybridized carbons (Fsp3) is 0.429. The Morgan fingerprint density at radius 1 is 1.11 bits per heavy atom. The molecule has 1 aromatic carbocycles. The van der Waals surface area contributed by atoms with Gasteiger partial charge in [0.15, 0.2) is 0 Å². The van der Waals surface area contributed by atoms with Crippen molar-refractivity contribution < 1.29 is 24.0 Å². The van der Waals surface area contributed by atoms with Crippen LogP contribution in [-0.4, -0.2) is 34.1 Å². The van der Waals surface area contributed by atoms with Gasteiger partial charge in [-0.1, -0.05) is 24.2 Å². The van der Waals surface area contributed by atoms with E-state index in [4.69, 9.17) is 4.52 Å². The zero-order chi connectivity index (χ0) is 26.9. The van der Waals surface area contributed by atoms with Gasteiger partial charge >= 0.3 is 5.97 Å². The molecule has 2 amide bonds. The molecule has 3 aromatic rings. The molecule has 1 saturated carbocycles. The van der Waals surface area contributed by atoms with Crippen molar-refractivity contribution in [1.29, 1.82) is 0 Å². The lowest BCUT2D eigenvalue weighted by atomic mass is 9.82. The molecule has 0 bridgehead atoms. The maximum absolute atomic E-state index is 13.5. The largest absolute Gasteiger partial charge is 0.477 e. The van der Waals surface area contributed by atoms with Crippen molar-refractivity contribution in [2.45, 2.75) is 66.3 Å². The van der Waals surface area contributed by atoms with Gasteiger partial charge in [0.25, 0.3) is 5.91 Å². The van der Waals surface area contributed by atoms with Crippen molar-refractivity contribution in [3.63, 3.8) is 0 Å². The molecule has 0 saturated heterocycles. The lowest BCUT2D eigenvalue weighted by molar-refractivity contribution is -0.123. The van der Waals surface area contributed by atoms with Gasteiger partial charge in [0.05, 0.1) is 11.4 Å². The Morgan fingerprint density at radius 3 is 2.30 bits per heavy atom. The van der Waals surface area contributed by atoms with Gasteiger partial charge in [0.2, 0.25) is 5.91 Å². The third-order valence-corrected chi connectivity index (χ3v) is 8.13. The minimum absolute atomic E-state index is 0.00568. The van der Waals surface area contributed by atoms with Crippen LogP contribution in [0.15, 0.2) is 34.9 Å². The predicted octanol–water partition coefficient (Wildman–Crippen LogP) is 6.54. The molecular formula is C28H33N3O5S. The number of hydrogen-bond donors (Lipinski definition) is 2. The van der Waals surface area contributed by atoms with E-state index in [-0.39, 0.29) is 28.7 Å². The van der Waals surface area contributed by atoms with Gasteiger partial charge in [-0.2, -0.15) is 0 Å². The van der Waals surface area contributed by atoms with Crippen LogP contribution in [0.3, 0.4) is 0 Å². The van der Waals surface area contributed by atoms with Crippen molar-refractivity contribution >= 4 is 40.5 Å². The highest BCUT2D eigenvalue weighted by Gasteiger charge is 2.33. The minimum atomic E-state index is -1.05. The topological polar surface area (TPSA) is 113 Å². The summed E-state index contributed by atoms with van der Waals surface area (Å²) in [6.07, 6.45) is 3.71. The van der Waals surface area contributed by atoms with E-state index in [0.29, 0.717) is 34.3 Å². The molecule has 9 heteroatoms. The van der Waals surface area contributed by atoms with Crippen LogP contribution in [0.25, 0.3) is 10.4 Å². The number of carboxylic acids is 1. The number of benzene rings is 1.